The summed E-state index contributed by atoms with van der Waals surface area (Å²) >= 11 is 0. The number of imidazole rings is 1. The number of fused-ring (bicyclic) bond motifs is 1. The van der Waals surface area contributed by atoms with Gasteiger partial charge in [0.15, 0.2) is 0 Å². The molecule has 2 aromatic rings. The summed E-state index contributed by atoms with van der Waals surface area (Å²) in [7, 11) is 1.84. The van der Waals surface area contributed by atoms with Crippen LogP contribution in [0.1, 0.15) is 50.1 Å². The second-order valence-corrected chi connectivity index (χ2v) is 8.12. The van der Waals surface area contributed by atoms with Gasteiger partial charge in [-0.25, -0.2) is 4.98 Å². The van der Waals surface area contributed by atoms with E-state index >= 15 is 0 Å². The van der Waals surface area contributed by atoms with Crippen LogP contribution in [0.15, 0.2) is 43.0 Å². The second-order valence-electron chi connectivity index (χ2n) is 8.12. The van der Waals surface area contributed by atoms with Crippen molar-refractivity contribution in [2.45, 2.75) is 56.7 Å². The molecule has 2 amide bonds. The number of benzene rings is 1. The lowest BCUT2D eigenvalue weighted by atomic mass is 9.82. The molecule has 3 heterocycles. The van der Waals surface area contributed by atoms with Gasteiger partial charge in [0.05, 0.1) is 12.4 Å². The molecule has 0 aliphatic carbocycles. The molecule has 0 saturated carbocycles. The molecular weight excluding hydrogens is 368 g/mol. The predicted octanol–water partition coefficient (Wildman–Crippen LogP) is 2.68. The van der Waals surface area contributed by atoms with Gasteiger partial charge in [-0.2, -0.15) is 0 Å². The van der Waals surface area contributed by atoms with E-state index in [1.165, 1.54) is 0 Å². The molecule has 1 N–H and O–H groups in total. The monoisotopic (exact) mass is 396 g/mol. The Kier molecular flexibility index (Phi) is 5.56. The highest BCUT2D eigenvalue weighted by atomic mass is 16.5. The number of hydrogen-bond acceptors (Lipinski definition) is 4. The maximum absolute atomic E-state index is 12.7. The van der Waals surface area contributed by atoms with Gasteiger partial charge in [-0.1, -0.05) is 18.2 Å². The average Bonchev–Trinajstić information content (AvgIpc) is 3.19. The normalized spacial score (nSPS) is 24.0. The zero-order valence-electron chi connectivity index (χ0n) is 16.8. The van der Waals surface area contributed by atoms with E-state index in [4.69, 9.17) is 4.74 Å². The summed E-state index contributed by atoms with van der Waals surface area (Å²) in [5.41, 5.74) is 0.605. The molecule has 2 atom stereocenters. The van der Waals surface area contributed by atoms with Crippen LogP contribution in [0.25, 0.3) is 0 Å². The lowest BCUT2D eigenvalue weighted by Gasteiger charge is -2.42. The van der Waals surface area contributed by atoms with Crippen molar-refractivity contribution in [1.82, 2.24) is 19.8 Å². The fourth-order valence-corrected chi connectivity index (χ4v) is 4.31. The number of para-hydroxylation sites is 1. The second kappa shape index (κ2) is 8.27. The first-order valence-electron chi connectivity index (χ1n) is 10.3. The van der Waals surface area contributed by atoms with Gasteiger partial charge in [0.25, 0.3) is 0 Å². The van der Waals surface area contributed by atoms with Gasteiger partial charge < -0.3 is 19.5 Å². The van der Waals surface area contributed by atoms with Crippen molar-refractivity contribution in [2.24, 2.45) is 0 Å². The number of nitrogens with zero attached hydrogens (tertiary/aromatic N) is 3. The fraction of sp³-hybridized carbons (Fsp3) is 0.500. The number of carbonyl (C=O) groups excluding carboxylic acids is 2. The SMILES string of the molecule is CN1CC[C@]2(CCC1=O)C[C@@H](NC(=O)CCCn1ccnc1)c1ccccc1O2. The number of amides is 2. The molecule has 1 saturated heterocycles. The van der Waals surface area contributed by atoms with Crippen molar-refractivity contribution in [3.05, 3.63) is 48.5 Å². The number of nitrogens with one attached hydrogen (secondary N) is 1. The fourth-order valence-electron chi connectivity index (χ4n) is 4.31. The van der Waals surface area contributed by atoms with Crippen molar-refractivity contribution in [1.29, 1.82) is 0 Å². The van der Waals surface area contributed by atoms with Crippen LogP contribution in [0.2, 0.25) is 0 Å². The number of likely N-dealkylation sites (tertiary alicyclic amines) is 1. The van der Waals surface area contributed by atoms with E-state index in [0.717, 1.165) is 30.7 Å². The Hall–Kier alpha value is -2.83. The standard InChI is InChI=1S/C22H28N4O3/c1-25-13-10-22(9-8-21(25)28)15-18(17-5-2-3-6-19(17)29-22)24-20(27)7-4-12-26-14-11-23-16-26/h2-3,5-6,11,14,16,18H,4,7-10,12-13,15H2,1H3,(H,24,27)/t18-,22-/m1/s1. The van der Waals surface area contributed by atoms with Gasteiger partial charge in [-0.3, -0.25) is 9.59 Å². The zero-order chi connectivity index (χ0) is 20.3. The molecule has 0 bridgehead atoms. The zero-order valence-corrected chi connectivity index (χ0v) is 16.8. The topological polar surface area (TPSA) is 76.5 Å². The van der Waals surface area contributed by atoms with Crippen LogP contribution in [0.4, 0.5) is 0 Å². The Labute approximate surface area is 171 Å². The van der Waals surface area contributed by atoms with E-state index in [2.05, 4.69) is 10.3 Å². The Morgan fingerprint density at radius 1 is 1.34 bits per heavy atom. The van der Waals surface area contributed by atoms with Crippen LogP contribution < -0.4 is 10.1 Å². The molecule has 2 aliphatic heterocycles. The molecule has 7 heteroatoms. The number of hydrogen-bond donors (Lipinski definition) is 1. The van der Waals surface area contributed by atoms with E-state index in [1.54, 1.807) is 17.4 Å². The van der Waals surface area contributed by atoms with Crippen LogP contribution in [0.3, 0.4) is 0 Å². The summed E-state index contributed by atoms with van der Waals surface area (Å²) in [4.78, 5) is 30.6. The van der Waals surface area contributed by atoms with Crippen LogP contribution >= 0.6 is 0 Å². The minimum Gasteiger partial charge on any atom is -0.487 e. The third kappa shape index (κ3) is 4.44. The molecule has 1 spiro atoms. The van der Waals surface area contributed by atoms with Crippen molar-refractivity contribution >= 4 is 11.8 Å². The number of aryl methyl sites for hydroxylation is 1. The maximum atomic E-state index is 12.7. The van der Waals surface area contributed by atoms with Crippen molar-refractivity contribution in [3.63, 3.8) is 0 Å². The van der Waals surface area contributed by atoms with E-state index in [0.29, 0.717) is 32.2 Å². The van der Waals surface area contributed by atoms with E-state index in [1.807, 2.05) is 42.1 Å². The van der Waals surface area contributed by atoms with Gasteiger partial charge >= 0.3 is 0 Å². The summed E-state index contributed by atoms with van der Waals surface area (Å²) in [5, 5.41) is 3.23. The summed E-state index contributed by atoms with van der Waals surface area (Å²) in [6.45, 7) is 1.45. The van der Waals surface area contributed by atoms with Crippen molar-refractivity contribution in [2.75, 3.05) is 13.6 Å². The molecular formula is C22H28N4O3. The third-order valence-corrected chi connectivity index (χ3v) is 6.03. The summed E-state index contributed by atoms with van der Waals surface area (Å²) < 4.78 is 8.42. The van der Waals surface area contributed by atoms with E-state index in [9.17, 15) is 9.59 Å². The van der Waals surface area contributed by atoms with Crippen LogP contribution in [-0.4, -0.2) is 45.5 Å². The Balaban J connectivity index is 1.45. The predicted molar refractivity (Wildman–Crippen MR) is 108 cm³/mol. The van der Waals surface area contributed by atoms with Gasteiger partial charge in [0, 0.05) is 63.8 Å². The first-order chi connectivity index (χ1) is 14.0. The molecule has 1 aromatic heterocycles. The highest BCUT2D eigenvalue weighted by Crippen LogP contribution is 2.44. The number of aromatic nitrogens is 2. The van der Waals surface area contributed by atoms with E-state index < -0.39 is 5.60 Å². The van der Waals surface area contributed by atoms with Gasteiger partial charge in [0.1, 0.15) is 11.4 Å². The van der Waals surface area contributed by atoms with E-state index in [-0.39, 0.29) is 17.9 Å². The minimum atomic E-state index is -0.413. The molecule has 1 fully saturated rings. The van der Waals surface area contributed by atoms with Gasteiger partial charge in [-0.05, 0) is 18.9 Å². The summed E-state index contributed by atoms with van der Waals surface area (Å²) in [5.74, 6) is 1.02. The summed E-state index contributed by atoms with van der Waals surface area (Å²) in [6, 6.07) is 7.81. The molecule has 29 heavy (non-hydrogen) atoms. The average molecular weight is 396 g/mol. The first kappa shape index (κ1) is 19.5. The molecule has 154 valence electrons. The van der Waals surface area contributed by atoms with Crippen LogP contribution in [0, 0.1) is 0 Å². The number of carbonyl (C=O) groups is 2. The molecule has 2 aliphatic rings. The first-order valence-corrected chi connectivity index (χ1v) is 10.3. The maximum Gasteiger partial charge on any atom is 0.222 e. The molecule has 0 unspecified atom stereocenters. The highest BCUT2D eigenvalue weighted by Gasteiger charge is 2.43. The third-order valence-electron chi connectivity index (χ3n) is 6.03. The van der Waals surface area contributed by atoms with Crippen LogP contribution in [-0.2, 0) is 16.1 Å². The lowest BCUT2D eigenvalue weighted by Crippen LogP contribution is -2.45. The summed E-state index contributed by atoms with van der Waals surface area (Å²) in [6.07, 6.45) is 9.26. The Morgan fingerprint density at radius 2 is 2.21 bits per heavy atom. The highest BCUT2D eigenvalue weighted by molar-refractivity contribution is 5.77. The minimum absolute atomic E-state index is 0.0452. The number of ether oxygens (including phenoxy) is 1. The smallest absolute Gasteiger partial charge is 0.222 e. The Morgan fingerprint density at radius 3 is 3.03 bits per heavy atom. The van der Waals surface area contributed by atoms with Crippen LogP contribution in [0.5, 0.6) is 5.75 Å². The van der Waals surface area contributed by atoms with Gasteiger partial charge in [0.2, 0.25) is 11.8 Å². The van der Waals surface area contributed by atoms with Crippen molar-refractivity contribution in [3.8, 4) is 5.75 Å². The largest absolute Gasteiger partial charge is 0.487 e. The molecule has 7 nitrogen and oxygen atoms in total. The molecule has 0 radical (unpaired) electrons. The number of rotatable bonds is 5. The molecule has 4 rings (SSSR count). The molecule has 1 aromatic carbocycles. The van der Waals surface area contributed by atoms with Gasteiger partial charge in [-0.15, -0.1) is 0 Å². The lowest BCUT2D eigenvalue weighted by molar-refractivity contribution is -0.129. The Bertz CT molecular complexity index is 867. The quantitative estimate of drug-likeness (QED) is 0.843. The van der Waals surface area contributed by atoms with Crippen molar-refractivity contribution < 1.29 is 14.3 Å².